The molecule has 1 N–H and O–H groups in total. The van der Waals surface area contributed by atoms with E-state index in [1.807, 2.05) is 22.9 Å². The van der Waals surface area contributed by atoms with Crippen LogP contribution >= 0.6 is 0 Å². The number of H-pyrrole nitrogens is 1. The molecule has 1 aromatic carbocycles. The van der Waals surface area contributed by atoms with Gasteiger partial charge in [-0.2, -0.15) is 0 Å². The van der Waals surface area contributed by atoms with E-state index in [-0.39, 0.29) is 17.1 Å². The van der Waals surface area contributed by atoms with Gasteiger partial charge < -0.3 is 4.98 Å². The van der Waals surface area contributed by atoms with E-state index in [4.69, 9.17) is 0 Å². The summed E-state index contributed by atoms with van der Waals surface area (Å²) in [6, 6.07) is 7.83. The number of fused-ring (bicyclic) bond motifs is 1. The summed E-state index contributed by atoms with van der Waals surface area (Å²) in [6.45, 7) is 12.4. The zero-order valence-corrected chi connectivity index (χ0v) is 17.9. The van der Waals surface area contributed by atoms with E-state index in [1.165, 1.54) is 6.42 Å². The third-order valence-corrected chi connectivity index (χ3v) is 5.75. The highest BCUT2D eigenvalue weighted by Crippen LogP contribution is 2.32. The maximum atomic E-state index is 13.2. The lowest BCUT2D eigenvalue weighted by Crippen LogP contribution is -2.42. The lowest BCUT2D eigenvalue weighted by molar-refractivity contribution is 0.137. The first-order valence-corrected chi connectivity index (χ1v) is 10.4. The van der Waals surface area contributed by atoms with Gasteiger partial charge in [-0.3, -0.25) is 9.69 Å². The fraction of sp³-hybridized carbons (Fsp3) is 0.545. The molecule has 1 aliphatic rings. The molecule has 0 unspecified atom stereocenters. The third kappa shape index (κ3) is 3.83. The van der Waals surface area contributed by atoms with Gasteiger partial charge in [0.1, 0.15) is 6.04 Å². The smallest absolute Gasteiger partial charge is 0.253 e. The molecule has 1 aliphatic heterocycles. The normalized spacial score (nSPS) is 19.6. The number of tetrazole rings is 1. The SMILES string of the molecule is Cc1ccc2[nH]c(=O)c([C@H](c3nnnn3C(C)(C)C)N3CCC[C@@H](C)C3)cc2c1. The van der Waals surface area contributed by atoms with Crippen LogP contribution in [0.15, 0.2) is 29.1 Å². The van der Waals surface area contributed by atoms with Crippen LogP contribution in [0.5, 0.6) is 0 Å². The van der Waals surface area contributed by atoms with Gasteiger partial charge in [0.25, 0.3) is 5.56 Å². The molecule has 0 saturated carbocycles. The number of aromatic amines is 1. The Balaban J connectivity index is 1.92. The Hall–Kier alpha value is -2.54. The minimum atomic E-state index is -0.279. The Morgan fingerprint density at radius 1 is 1.24 bits per heavy atom. The largest absolute Gasteiger partial charge is 0.322 e. The molecule has 29 heavy (non-hydrogen) atoms. The molecular weight excluding hydrogens is 364 g/mol. The number of hydrogen-bond donors (Lipinski definition) is 1. The van der Waals surface area contributed by atoms with Crippen molar-refractivity contribution in [3.8, 4) is 0 Å². The molecule has 1 saturated heterocycles. The molecule has 0 radical (unpaired) electrons. The fourth-order valence-electron chi connectivity index (χ4n) is 4.35. The van der Waals surface area contributed by atoms with Gasteiger partial charge in [0, 0.05) is 17.6 Å². The van der Waals surface area contributed by atoms with Crippen LogP contribution in [0.3, 0.4) is 0 Å². The summed E-state index contributed by atoms with van der Waals surface area (Å²) in [6.07, 6.45) is 2.32. The van der Waals surface area contributed by atoms with Crippen LogP contribution in [0.4, 0.5) is 0 Å². The van der Waals surface area contributed by atoms with Gasteiger partial charge in [0.15, 0.2) is 5.82 Å². The summed E-state index contributed by atoms with van der Waals surface area (Å²) in [5, 5.41) is 13.7. The van der Waals surface area contributed by atoms with Gasteiger partial charge in [-0.05, 0) is 87.0 Å². The van der Waals surface area contributed by atoms with Crippen LogP contribution in [-0.4, -0.2) is 43.2 Å². The molecular formula is C22H30N6O. The molecule has 4 rings (SSSR count). The second-order valence-corrected chi connectivity index (χ2v) is 9.41. The number of aromatic nitrogens is 5. The standard InChI is InChI=1S/C22H30N6O/c1-14-8-9-18-16(11-14)12-17(21(29)23-18)19(27-10-6-7-15(2)13-27)20-24-25-26-28(20)22(3,4)5/h8-9,11-12,15,19H,6-7,10,13H2,1-5H3,(H,23,29)/t15-,19-/m1/s1. The zero-order valence-electron chi connectivity index (χ0n) is 17.9. The van der Waals surface area contributed by atoms with E-state index in [1.54, 1.807) is 0 Å². The van der Waals surface area contributed by atoms with E-state index in [2.05, 4.69) is 66.1 Å². The molecule has 7 heteroatoms. The van der Waals surface area contributed by atoms with Crippen molar-refractivity contribution >= 4 is 10.9 Å². The lowest BCUT2D eigenvalue weighted by Gasteiger charge is -2.37. The molecule has 3 aromatic rings. The zero-order chi connectivity index (χ0) is 20.8. The number of rotatable bonds is 3. The molecule has 2 atom stereocenters. The van der Waals surface area contributed by atoms with Crippen molar-refractivity contribution in [3.05, 3.63) is 51.6 Å². The molecule has 7 nitrogen and oxygen atoms in total. The van der Waals surface area contributed by atoms with Gasteiger partial charge in [-0.1, -0.05) is 18.6 Å². The Morgan fingerprint density at radius 2 is 2.03 bits per heavy atom. The average molecular weight is 395 g/mol. The fourth-order valence-corrected chi connectivity index (χ4v) is 4.35. The van der Waals surface area contributed by atoms with Crippen LogP contribution in [0.25, 0.3) is 10.9 Å². The van der Waals surface area contributed by atoms with Crippen molar-refractivity contribution in [2.45, 2.75) is 59.0 Å². The number of likely N-dealkylation sites (tertiary alicyclic amines) is 1. The first kappa shape index (κ1) is 19.8. The second kappa shape index (κ2) is 7.37. The molecule has 0 amide bonds. The van der Waals surface area contributed by atoms with E-state index >= 15 is 0 Å². The van der Waals surface area contributed by atoms with E-state index in [0.717, 1.165) is 41.8 Å². The monoisotopic (exact) mass is 394 g/mol. The highest BCUT2D eigenvalue weighted by atomic mass is 16.1. The molecule has 2 aromatic heterocycles. The summed E-state index contributed by atoms with van der Waals surface area (Å²) >= 11 is 0. The van der Waals surface area contributed by atoms with Gasteiger partial charge in [0.05, 0.1) is 5.54 Å². The highest BCUT2D eigenvalue weighted by molar-refractivity contribution is 5.79. The molecule has 0 spiro atoms. The summed E-state index contributed by atoms with van der Waals surface area (Å²) in [4.78, 5) is 18.6. The van der Waals surface area contributed by atoms with Crippen LogP contribution < -0.4 is 5.56 Å². The second-order valence-electron chi connectivity index (χ2n) is 9.41. The van der Waals surface area contributed by atoms with E-state index in [9.17, 15) is 4.79 Å². The Bertz CT molecular complexity index is 1080. The van der Waals surface area contributed by atoms with Crippen LogP contribution in [0, 0.1) is 12.8 Å². The van der Waals surface area contributed by atoms with E-state index in [0.29, 0.717) is 11.5 Å². The van der Waals surface area contributed by atoms with Crippen molar-refractivity contribution in [1.82, 2.24) is 30.1 Å². The van der Waals surface area contributed by atoms with Gasteiger partial charge in [-0.15, -0.1) is 5.10 Å². The average Bonchev–Trinajstić information content (AvgIpc) is 3.13. The van der Waals surface area contributed by atoms with Crippen molar-refractivity contribution < 1.29 is 0 Å². The first-order chi connectivity index (χ1) is 13.7. The molecule has 1 fully saturated rings. The number of aryl methyl sites for hydroxylation is 1. The van der Waals surface area contributed by atoms with Gasteiger partial charge in [0.2, 0.25) is 0 Å². The lowest BCUT2D eigenvalue weighted by atomic mass is 9.95. The number of hydrogen-bond acceptors (Lipinski definition) is 5. The minimum absolute atomic E-state index is 0.0759. The summed E-state index contributed by atoms with van der Waals surface area (Å²) in [5.41, 5.74) is 2.37. The van der Waals surface area contributed by atoms with Crippen LogP contribution in [-0.2, 0) is 5.54 Å². The Kier molecular flexibility index (Phi) is 5.02. The first-order valence-electron chi connectivity index (χ1n) is 10.4. The predicted octanol–water partition coefficient (Wildman–Crippen LogP) is 3.40. The molecule has 0 bridgehead atoms. The van der Waals surface area contributed by atoms with Crippen molar-refractivity contribution in [1.29, 1.82) is 0 Å². The summed E-state index contributed by atoms with van der Waals surface area (Å²) < 4.78 is 1.86. The van der Waals surface area contributed by atoms with Crippen molar-refractivity contribution in [2.24, 2.45) is 5.92 Å². The Morgan fingerprint density at radius 3 is 2.76 bits per heavy atom. The number of piperidine rings is 1. The summed E-state index contributed by atoms with van der Waals surface area (Å²) in [5.74, 6) is 1.30. The number of pyridine rings is 1. The van der Waals surface area contributed by atoms with Crippen LogP contribution in [0.2, 0.25) is 0 Å². The third-order valence-electron chi connectivity index (χ3n) is 5.75. The quantitative estimate of drug-likeness (QED) is 0.736. The molecule has 0 aliphatic carbocycles. The maximum absolute atomic E-state index is 13.2. The topological polar surface area (TPSA) is 79.7 Å². The molecule has 154 valence electrons. The van der Waals surface area contributed by atoms with Crippen molar-refractivity contribution in [3.63, 3.8) is 0 Å². The number of benzene rings is 1. The van der Waals surface area contributed by atoms with Crippen LogP contribution in [0.1, 0.15) is 63.5 Å². The summed E-state index contributed by atoms with van der Waals surface area (Å²) in [7, 11) is 0. The number of nitrogens with zero attached hydrogens (tertiary/aromatic N) is 5. The van der Waals surface area contributed by atoms with E-state index < -0.39 is 0 Å². The predicted molar refractivity (Wildman–Crippen MR) is 114 cm³/mol. The van der Waals surface area contributed by atoms with Crippen molar-refractivity contribution in [2.75, 3.05) is 13.1 Å². The number of nitrogens with one attached hydrogen (secondary N) is 1. The van der Waals surface area contributed by atoms with Gasteiger partial charge >= 0.3 is 0 Å². The molecule has 3 heterocycles. The Labute approximate surface area is 171 Å². The highest BCUT2D eigenvalue weighted by Gasteiger charge is 2.34. The maximum Gasteiger partial charge on any atom is 0.253 e. The minimum Gasteiger partial charge on any atom is -0.322 e. The van der Waals surface area contributed by atoms with Gasteiger partial charge in [-0.25, -0.2) is 4.68 Å².